The van der Waals surface area contributed by atoms with Gasteiger partial charge in [0.05, 0.1) is 21.8 Å². The van der Waals surface area contributed by atoms with Crippen LogP contribution < -0.4 is 10.2 Å². The van der Waals surface area contributed by atoms with E-state index in [1.807, 2.05) is 41.3 Å². The van der Waals surface area contributed by atoms with Crippen molar-refractivity contribution in [3.8, 4) is 0 Å². The van der Waals surface area contributed by atoms with Crippen molar-refractivity contribution in [3.05, 3.63) is 58.3 Å². The van der Waals surface area contributed by atoms with E-state index >= 15 is 0 Å². The number of amides is 1. The van der Waals surface area contributed by atoms with Gasteiger partial charge in [-0.25, -0.2) is 0 Å². The lowest BCUT2D eigenvalue weighted by Crippen LogP contribution is -2.62. The first kappa shape index (κ1) is 24.8. The highest BCUT2D eigenvalue weighted by Gasteiger charge is 2.39. The summed E-state index contributed by atoms with van der Waals surface area (Å²) in [5, 5.41) is 15.7. The number of carbonyl (C=O) groups is 1. The number of benzene rings is 1. The number of hydrogen-bond acceptors (Lipinski definition) is 6. The molecule has 3 fully saturated rings. The lowest BCUT2D eigenvalue weighted by molar-refractivity contribution is -0.135. The summed E-state index contributed by atoms with van der Waals surface area (Å²) in [4.78, 5) is 24.4. The minimum absolute atomic E-state index is 0.183. The van der Waals surface area contributed by atoms with Gasteiger partial charge in [-0.1, -0.05) is 29.3 Å². The second-order valence-corrected chi connectivity index (χ2v) is 10.7. The van der Waals surface area contributed by atoms with Gasteiger partial charge in [0.15, 0.2) is 0 Å². The molecule has 1 saturated carbocycles. The molecular weight excluding hydrogens is 485 g/mol. The number of nitrogens with one attached hydrogen (secondary N) is 1. The molecule has 1 unspecified atom stereocenters. The van der Waals surface area contributed by atoms with Gasteiger partial charge in [0, 0.05) is 63.7 Å². The van der Waals surface area contributed by atoms with Crippen LogP contribution in [0.25, 0.3) is 0 Å². The van der Waals surface area contributed by atoms with E-state index in [-0.39, 0.29) is 11.9 Å². The molecular formula is C26H33Cl2N5O2. The quantitative estimate of drug-likeness (QED) is 0.648. The minimum Gasteiger partial charge on any atom is -0.384 e. The lowest BCUT2D eigenvalue weighted by atomic mass is 9.79. The predicted octanol–water partition coefficient (Wildman–Crippen LogP) is 3.14. The van der Waals surface area contributed by atoms with Crippen LogP contribution >= 0.6 is 23.2 Å². The third-order valence-corrected chi connectivity index (χ3v) is 8.54. The second kappa shape index (κ2) is 10.6. The van der Waals surface area contributed by atoms with Crippen molar-refractivity contribution in [2.75, 3.05) is 50.7 Å². The monoisotopic (exact) mass is 517 g/mol. The van der Waals surface area contributed by atoms with E-state index in [2.05, 4.69) is 20.1 Å². The van der Waals surface area contributed by atoms with E-state index < -0.39 is 5.60 Å². The molecule has 1 aromatic carbocycles. The molecule has 9 heteroatoms. The van der Waals surface area contributed by atoms with Crippen LogP contribution in [0.3, 0.4) is 0 Å². The van der Waals surface area contributed by atoms with Crippen molar-refractivity contribution >= 4 is 34.8 Å². The Morgan fingerprint density at radius 3 is 2.49 bits per heavy atom. The van der Waals surface area contributed by atoms with Crippen LogP contribution in [0.4, 0.5) is 5.69 Å². The predicted molar refractivity (Wildman–Crippen MR) is 139 cm³/mol. The Bertz CT molecular complexity index is 1020. The Kier molecular flexibility index (Phi) is 7.51. The van der Waals surface area contributed by atoms with Crippen molar-refractivity contribution in [3.63, 3.8) is 0 Å². The fraction of sp³-hybridized carbons (Fsp3) is 0.538. The molecule has 35 heavy (non-hydrogen) atoms. The van der Waals surface area contributed by atoms with Crippen LogP contribution in [0, 0.1) is 0 Å². The number of rotatable bonds is 4. The fourth-order valence-corrected chi connectivity index (χ4v) is 5.99. The molecule has 5 rings (SSSR count). The van der Waals surface area contributed by atoms with E-state index in [9.17, 15) is 9.90 Å². The SMILES string of the molecule is O=C(C1CN(C2CCC(O)(c3ccccn3)CC2)CCN1)N1CCN(c2ccc(Cl)c(Cl)c2)CC1. The summed E-state index contributed by atoms with van der Waals surface area (Å²) in [6.07, 6.45) is 4.98. The number of piperazine rings is 2. The minimum atomic E-state index is -0.838. The Balaban J connectivity index is 1.13. The van der Waals surface area contributed by atoms with Crippen molar-refractivity contribution < 1.29 is 9.90 Å². The lowest BCUT2D eigenvalue weighted by Gasteiger charge is -2.44. The number of aliphatic hydroxyl groups is 1. The van der Waals surface area contributed by atoms with Gasteiger partial charge in [0.1, 0.15) is 5.60 Å². The summed E-state index contributed by atoms with van der Waals surface area (Å²) >= 11 is 12.2. The maximum atomic E-state index is 13.3. The van der Waals surface area contributed by atoms with E-state index in [0.29, 0.717) is 42.0 Å². The van der Waals surface area contributed by atoms with Gasteiger partial charge in [0.25, 0.3) is 0 Å². The fourth-order valence-electron chi connectivity index (χ4n) is 5.70. The smallest absolute Gasteiger partial charge is 0.241 e. The standard InChI is InChI=1S/C26H33Cl2N5O2/c27-21-5-4-20(17-22(21)28)31-13-15-32(16-14-31)25(34)23-18-33(12-11-29-23)19-6-8-26(35,9-7-19)24-3-1-2-10-30-24/h1-5,10,17,19,23,29,35H,6-9,11-16,18H2. The van der Waals surface area contributed by atoms with Gasteiger partial charge in [-0.3, -0.25) is 14.7 Å². The molecule has 0 radical (unpaired) electrons. The van der Waals surface area contributed by atoms with Crippen LogP contribution in [0.2, 0.25) is 10.0 Å². The summed E-state index contributed by atoms with van der Waals surface area (Å²) < 4.78 is 0. The first-order chi connectivity index (χ1) is 16.9. The molecule has 3 aliphatic rings. The van der Waals surface area contributed by atoms with Gasteiger partial charge in [0.2, 0.25) is 5.91 Å². The molecule has 188 valence electrons. The first-order valence-electron chi connectivity index (χ1n) is 12.5. The molecule has 1 amide bonds. The molecule has 0 bridgehead atoms. The molecule has 2 aliphatic heterocycles. The molecule has 3 heterocycles. The van der Waals surface area contributed by atoms with Crippen LogP contribution in [0.15, 0.2) is 42.6 Å². The first-order valence-corrected chi connectivity index (χ1v) is 13.3. The topological polar surface area (TPSA) is 71.9 Å². The van der Waals surface area contributed by atoms with Gasteiger partial charge >= 0.3 is 0 Å². The normalized spacial score (nSPS) is 28.2. The molecule has 7 nitrogen and oxygen atoms in total. The highest BCUT2D eigenvalue weighted by Crippen LogP contribution is 2.38. The zero-order chi connectivity index (χ0) is 24.4. The van der Waals surface area contributed by atoms with E-state index in [4.69, 9.17) is 23.2 Å². The average molecular weight is 518 g/mol. The maximum Gasteiger partial charge on any atom is 0.241 e. The van der Waals surface area contributed by atoms with Gasteiger partial charge in [-0.2, -0.15) is 0 Å². The largest absolute Gasteiger partial charge is 0.384 e. The zero-order valence-electron chi connectivity index (χ0n) is 19.9. The molecule has 2 saturated heterocycles. The number of pyridine rings is 1. The highest BCUT2D eigenvalue weighted by molar-refractivity contribution is 6.42. The van der Waals surface area contributed by atoms with Crippen LogP contribution in [0.1, 0.15) is 31.4 Å². The summed E-state index contributed by atoms with van der Waals surface area (Å²) in [6.45, 7) is 5.39. The summed E-state index contributed by atoms with van der Waals surface area (Å²) in [6, 6.07) is 11.6. The van der Waals surface area contributed by atoms with Crippen LogP contribution in [-0.4, -0.2) is 83.7 Å². The van der Waals surface area contributed by atoms with Crippen molar-refractivity contribution in [2.24, 2.45) is 0 Å². The Morgan fingerprint density at radius 1 is 1.03 bits per heavy atom. The van der Waals surface area contributed by atoms with Crippen LogP contribution in [-0.2, 0) is 10.4 Å². The molecule has 1 aromatic heterocycles. The molecule has 0 spiro atoms. The third kappa shape index (κ3) is 5.44. The average Bonchev–Trinajstić information content (AvgIpc) is 2.91. The molecule has 1 atom stereocenters. The highest BCUT2D eigenvalue weighted by atomic mass is 35.5. The molecule has 2 aromatic rings. The number of hydrogen-bond donors (Lipinski definition) is 2. The van der Waals surface area contributed by atoms with Crippen molar-refractivity contribution in [2.45, 2.75) is 43.4 Å². The number of anilines is 1. The maximum absolute atomic E-state index is 13.3. The van der Waals surface area contributed by atoms with E-state index in [1.165, 1.54) is 0 Å². The van der Waals surface area contributed by atoms with E-state index in [1.54, 1.807) is 6.20 Å². The summed E-state index contributed by atoms with van der Waals surface area (Å²) in [5.41, 5.74) is 0.970. The number of halogens is 2. The van der Waals surface area contributed by atoms with Gasteiger partial charge in [-0.15, -0.1) is 0 Å². The third-order valence-electron chi connectivity index (χ3n) is 7.80. The molecule has 1 aliphatic carbocycles. The number of nitrogens with zero attached hydrogens (tertiary/aromatic N) is 4. The van der Waals surface area contributed by atoms with E-state index in [0.717, 1.165) is 56.9 Å². The summed E-state index contributed by atoms with van der Waals surface area (Å²) in [5.74, 6) is 0.185. The van der Waals surface area contributed by atoms with Crippen molar-refractivity contribution in [1.82, 2.24) is 20.1 Å². The zero-order valence-corrected chi connectivity index (χ0v) is 21.4. The van der Waals surface area contributed by atoms with Gasteiger partial charge < -0.3 is 20.2 Å². The Morgan fingerprint density at radius 2 is 1.80 bits per heavy atom. The Labute approximate surface area is 217 Å². The second-order valence-electron chi connectivity index (χ2n) is 9.89. The Hall–Kier alpha value is -1.90. The summed E-state index contributed by atoms with van der Waals surface area (Å²) in [7, 11) is 0. The number of carbonyl (C=O) groups excluding carboxylic acids is 1. The number of aromatic nitrogens is 1. The van der Waals surface area contributed by atoms with Crippen LogP contribution in [0.5, 0.6) is 0 Å². The molecule has 2 N–H and O–H groups in total. The van der Waals surface area contributed by atoms with Gasteiger partial charge in [-0.05, 0) is 56.0 Å². The van der Waals surface area contributed by atoms with Crippen molar-refractivity contribution in [1.29, 1.82) is 0 Å².